The summed E-state index contributed by atoms with van der Waals surface area (Å²) in [6.07, 6.45) is 2.60. The van der Waals surface area contributed by atoms with Gasteiger partial charge in [0.1, 0.15) is 5.75 Å². The fraction of sp³-hybridized carbons (Fsp3) is 0.615. The average molecular weight is 238 g/mol. The molecule has 0 bridgehead atoms. The number of aromatic nitrogens is 1. The van der Waals surface area contributed by atoms with Crippen LogP contribution in [0, 0.1) is 6.92 Å². The van der Waals surface area contributed by atoms with E-state index in [0.29, 0.717) is 13.2 Å². The van der Waals surface area contributed by atoms with E-state index in [9.17, 15) is 0 Å². The first-order valence-electron chi connectivity index (χ1n) is 5.82. The predicted octanol–water partition coefficient (Wildman–Crippen LogP) is 2.04. The molecule has 17 heavy (non-hydrogen) atoms. The molecule has 0 spiro atoms. The van der Waals surface area contributed by atoms with Crippen molar-refractivity contribution in [3.05, 3.63) is 23.5 Å². The molecule has 1 rings (SSSR count). The minimum absolute atomic E-state index is 0.162. The van der Waals surface area contributed by atoms with Crippen LogP contribution in [0.2, 0.25) is 0 Å². The highest BCUT2D eigenvalue weighted by molar-refractivity contribution is 5.32. The van der Waals surface area contributed by atoms with Gasteiger partial charge in [-0.1, -0.05) is 0 Å². The molecule has 0 aromatic carbocycles. The summed E-state index contributed by atoms with van der Waals surface area (Å²) >= 11 is 0. The number of ether oxygens (including phenoxy) is 2. The van der Waals surface area contributed by atoms with Crippen molar-refractivity contribution >= 4 is 0 Å². The number of nitrogens with zero attached hydrogens (tertiary/aromatic N) is 1. The van der Waals surface area contributed by atoms with Gasteiger partial charge in [0, 0.05) is 43.6 Å². The molecule has 96 valence electrons. The lowest BCUT2D eigenvalue weighted by atomic mass is 10.1. The summed E-state index contributed by atoms with van der Waals surface area (Å²) in [4.78, 5) is 4.20. The quantitative estimate of drug-likeness (QED) is 0.824. The maximum absolute atomic E-state index is 5.75. The molecule has 1 aromatic heterocycles. The van der Waals surface area contributed by atoms with Gasteiger partial charge in [0.2, 0.25) is 0 Å². The van der Waals surface area contributed by atoms with Crippen LogP contribution in [0.5, 0.6) is 5.75 Å². The van der Waals surface area contributed by atoms with E-state index in [4.69, 9.17) is 15.2 Å². The van der Waals surface area contributed by atoms with Gasteiger partial charge >= 0.3 is 0 Å². The SMILES string of the molecule is COC(C)(C)CCOc1cc(C)ncc1CN. The Balaban J connectivity index is 2.59. The lowest BCUT2D eigenvalue weighted by Gasteiger charge is -2.23. The molecule has 1 aromatic rings. The highest BCUT2D eigenvalue weighted by atomic mass is 16.5. The molecule has 0 amide bonds. The van der Waals surface area contributed by atoms with Crippen molar-refractivity contribution in [2.45, 2.75) is 39.3 Å². The summed E-state index contributed by atoms with van der Waals surface area (Å²) in [5, 5.41) is 0. The Morgan fingerprint density at radius 3 is 2.71 bits per heavy atom. The fourth-order valence-corrected chi connectivity index (χ4v) is 1.36. The summed E-state index contributed by atoms with van der Waals surface area (Å²) in [5.41, 5.74) is 7.35. The molecule has 0 aliphatic rings. The minimum atomic E-state index is -0.162. The number of hydrogen-bond acceptors (Lipinski definition) is 4. The molecule has 0 atom stereocenters. The van der Waals surface area contributed by atoms with Crippen molar-refractivity contribution in [1.29, 1.82) is 0 Å². The molecule has 0 aliphatic carbocycles. The molecule has 0 unspecified atom stereocenters. The third-order valence-electron chi connectivity index (χ3n) is 2.81. The molecule has 0 aliphatic heterocycles. The average Bonchev–Trinajstić information content (AvgIpc) is 2.29. The normalized spacial score (nSPS) is 11.6. The van der Waals surface area contributed by atoms with Gasteiger partial charge < -0.3 is 15.2 Å². The Bertz CT molecular complexity index is 364. The summed E-state index contributed by atoms with van der Waals surface area (Å²) in [6, 6.07) is 1.92. The Hall–Kier alpha value is -1.13. The van der Waals surface area contributed by atoms with Crippen molar-refractivity contribution < 1.29 is 9.47 Å². The first-order chi connectivity index (χ1) is 7.98. The number of hydrogen-bond donors (Lipinski definition) is 1. The summed E-state index contributed by atoms with van der Waals surface area (Å²) < 4.78 is 11.1. The number of methoxy groups -OCH3 is 1. The van der Waals surface area contributed by atoms with E-state index in [1.807, 2.05) is 26.8 Å². The van der Waals surface area contributed by atoms with Crippen LogP contribution in [0.3, 0.4) is 0 Å². The molecule has 2 N–H and O–H groups in total. The first kappa shape index (κ1) is 13.9. The summed E-state index contributed by atoms with van der Waals surface area (Å²) in [7, 11) is 1.71. The van der Waals surface area contributed by atoms with Gasteiger partial charge in [-0.2, -0.15) is 0 Å². The van der Waals surface area contributed by atoms with E-state index in [2.05, 4.69) is 4.98 Å². The van der Waals surface area contributed by atoms with Crippen molar-refractivity contribution in [2.24, 2.45) is 5.73 Å². The maximum Gasteiger partial charge on any atom is 0.127 e. The number of aryl methyl sites for hydroxylation is 1. The maximum atomic E-state index is 5.75. The van der Waals surface area contributed by atoms with E-state index in [-0.39, 0.29) is 5.60 Å². The highest BCUT2D eigenvalue weighted by Crippen LogP contribution is 2.20. The highest BCUT2D eigenvalue weighted by Gasteiger charge is 2.16. The van der Waals surface area contributed by atoms with Crippen LogP contribution in [0.15, 0.2) is 12.3 Å². The molecular formula is C13H22N2O2. The standard InChI is InChI=1S/C13H22N2O2/c1-10-7-12(11(8-14)9-15-10)17-6-5-13(2,3)16-4/h7,9H,5-6,8,14H2,1-4H3. The largest absolute Gasteiger partial charge is 0.493 e. The number of rotatable bonds is 6. The van der Waals surface area contributed by atoms with Crippen LogP contribution >= 0.6 is 0 Å². The topological polar surface area (TPSA) is 57.4 Å². The van der Waals surface area contributed by atoms with Gasteiger partial charge in [-0.25, -0.2) is 0 Å². The smallest absolute Gasteiger partial charge is 0.127 e. The molecular weight excluding hydrogens is 216 g/mol. The second-order valence-electron chi connectivity index (χ2n) is 4.70. The zero-order valence-electron chi connectivity index (χ0n) is 11.1. The first-order valence-corrected chi connectivity index (χ1v) is 5.82. The van der Waals surface area contributed by atoms with Crippen LogP contribution in [-0.2, 0) is 11.3 Å². The lowest BCUT2D eigenvalue weighted by Crippen LogP contribution is -2.25. The van der Waals surface area contributed by atoms with Crippen molar-refractivity contribution in [2.75, 3.05) is 13.7 Å². The molecule has 4 heteroatoms. The Kier molecular flexibility index (Phi) is 4.90. The van der Waals surface area contributed by atoms with Crippen LogP contribution in [0.4, 0.5) is 0 Å². The molecule has 0 radical (unpaired) electrons. The predicted molar refractivity (Wildman–Crippen MR) is 68.1 cm³/mol. The second kappa shape index (κ2) is 5.98. The number of nitrogens with two attached hydrogens (primary N) is 1. The zero-order valence-corrected chi connectivity index (χ0v) is 11.1. The molecule has 0 fully saturated rings. The monoisotopic (exact) mass is 238 g/mol. The minimum Gasteiger partial charge on any atom is -0.493 e. The Morgan fingerprint density at radius 1 is 1.41 bits per heavy atom. The Morgan fingerprint density at radius 2 is 2.12 bits per heavy atom. The van der Waals surface area contributed by atoms with Gasteiger partial charge in [0.25, 0.3) is 0 Å². The van der Waals surface area contributed by atoms with E-state index >= 15 is 0 Å². The van der Waals surface area contributed by atoms with Gasteiger partial charge in [-0.3, -0.25) is 4.98 Å². The second-order valence-corrected chi connectivity index (χ2v) is 4.70. The molecule has 1 heterocycles. The number of pyridine rings is 1. The molecule has 4 nitrogen and oxygen atoms in total. The molecule has 0 saturated heterocycles. The summed E-state index contributed by atoms with van der Waals surface area (Å²) in [6.45, 7) is 7.07. The van der Waals surface area contributed by atoms with Crippen molar-refractivity contribution in [3.8, 4) is 5.75 Å². The van der Waals surface area contributed by atoms with Crippen molar-refractivity contribution in [1.82, 2.24) is 4.98 Å². The third-order valence-corrected chi connectivity index (χ3v) is 2.81. The van der Waals surface area contributed by atoms with E-state index in [1.54, 1.807) is 13.3 Å². The summed E-state index contributed by atoms with van der Waals surface area (Å²) in [5.74, 6) is 0.826. The van der Waals surface area contributed by atoms with E-state index in [0.717, 1.165) is 23.4 Å². The van der Waals surface area contributed by atoms with Gasteiger partial charge in [-0.15, -0.1) is 0 Å². The molecule has 0 saturated carbocycles. The van der Waals surface area contributed by atoms with E-state index in [1.165, 1.54) is 0 Å². The fourth-order valence-electron chi connectivity index (χ4n) is 1.36. The van der Waals surface area contributed by atoms with Crippen LogP contribution in [0.25, 0.3) is 0 Å². The Labute approximate surface area is 103 Å². The van der Waals surface area contributed by atoms with Crippen molar-refractivity contribution in [3.63, 3.8) is 0 Å². The van der Waals surface area contributed by atoms with Gasteiger partial charge in [-0.05, 0) is 20.8 Å². The van der Waals surface area contributed by atoms with Crippen LogP contribution in [0.1, 0.15) is 31.5 Å². The van der Waals surface area contributed by atoms with Crippen LogP contribution < -0.4 is 10.5 Å². The lowest BCUT2D eigenvalue weighted by molar-refractivity contribution is 0.00537. The zero-order chi connectivity index (χ0) is 12.9. The van der Waals surface area contributed by atoms with Gasteiger partial charge in [0.15, 0.2) is 0 Å². The van der Waals surface area contributed by atoms with E-state index < -0.39 is 0 Å². The third kappa shape index (κ3) is 4.32. The van der Waals surface area contributed by atoms with Crippen LogP contribution in [-0.4, -0.2) is 24.3 Å². The van der Waals surface area contributed by atoms with Gasteiger partial charge in [0.05, 0.1) is 12.2 Å².